The van der Waals surface area contributed by atoms with Gasteiger partial charge in [-0.2, -0.15) is 0 Å². The highest BCUT2D eigenvalue weighted by Gasteiger charge is 2.12. The van der Waals surface area contributed by atoms with Gasteiger partial charge in [0.15, 0.2) is 0 Å². The molecule has 0 fully saturated rings. The normalized spacial score (nSPS) is 12.2. The van der Waals surface area contributed by atoms with Crippen molar-refractivity contribution in [2.24, 2.45) is 0 Å². The molecule has 0 aliphatic heterocycles. The van der Waals surface area contributed by atoms with Gasteiger partial charge in [-0.1, -0.05) is 18.2 Å². The number of hydrogen-bond donors (Lipinski definition) is 2. The van der Waals surface area contributed by atoms with Crippen LogP contribution >= 0.6 is 0 Å². The average molecular weight is 250 g/mol. The van der Waals surface area contributed by atoms with Gasteiger partial charge in [0, 0.05) is 18.7 Å². The van der Waals surface area contributed by atoms with E-state index in [1.54, 1.807) is 7.11 Å². The van der Waals surface area contributed by atoms with Crippen molar-refractivity contribution < 1.29 is 9.53 Å². The maximum atomic E-state index is 12.1. The number of methoxy groups -OCH3 is 1. The van der Waals surface area contributed by atoms with Crippen molar-refractivity contribution in [3.8, 4) is 0 Å². The predicted molar refractivity (Wildman–Crippen MR) is 72.9 cm³/mol. The Kier molecular flexibility index (Phi) is 6.39. The first kappa shape index (κ1) is 14.7. The minimum atomic E-state index is -0.0359. The highest BCUT2D eigenvalue weighted by Crippen LogP contribution is 2.09. The van der Waals surface area contributed by atoms with Crippen LogP contribution in [0.4, 0.5) is 0 Å². The summed E-state index contributed by atoms with van der Waals surface area (Å²) in [4.78, 5) is 12.1. The molecule has 1 atom stereocenters. The third-order valence-electron chi connectivity index (χ3n) is 2.70. The standard InChI is InChI=1S/C14H22N2O2/c1-11(10-18-3)16-14(17)13-7-5-4-6-12(13)8-9-15-2/h4-7,11,15H,8-10H2,1-3H3,(H,16,17). The van der Waals surface area contributed by atoms with Crippen molar-refractivity contribution in [2.45, 2.75) is 19.4 Å². The zero-order valence-electron chi connectivity index (χ0n) is 11.3. The maximum Gasteiger partial charge on any atom is 0.251 e. The molecule has 0 saturated heterocycles. The molecule has 0 aliphatic carbocycles. The molecule has 1 aromatic rings. The lowest BCUT2D eigenvalue weighted by Gasteiger charge is -2.14. The van der Waals surface area contributed by atoms with Crippen LogP contribution in [0.15, 0.2) is 24.3 Å². The third-order valence-corrected chi connectivity index (χ3v) is 2.70. The number of benzene rings is 1. The summed E-state index contributed by atoms with van der Waals surface area (Å²) < 4.78 is 5.01. The number of carbonyl (C=O) groups excluding carboxylic acids is 1. The van der Waals surface area contributed by atoms with Crippen molar-refractivity contribution in [3.05, 3.63) is 35.4 Å². The van der Waals surface area contributed by atoms with E-state index in [4.69, 9.17) is 4.74 Å². The summed E-state index contributed by atoms with van der Waals surface area (Å²) in [7, 11) is 3.53. The Hall–Kier alpha value is -1.39. The summed E-state index contributed by atoms with van der Waals surface area (Å²) in [5.74, 6) is -0.0359. The van der Waals surface area contributed by atoms with Crippen molar-refractivity contribution in [2.75, 3.05) is 27.3 Å². The van der Waals surface area contributed by atoms with E-state index in [0.717, 1.165) is 24.1 Å². The molecule has 100 valence electrons. The van der Waals surface area contributed by atoms with Gasteiger partial charge in [0.05, 0.1) is 6.61 Å². The van der Waals surface area contributed by atoms with Gasteiger partial charge < -0.3 is 15.4 Å². The van der Waals surface area contributed by atoms with Crippen molar-refractivity contribution in [3.63, 3.8) is 0 Å². The van der Waals surface area contributed by atoms with Crippen molar-refractivity contribution in [1.82, 2.24) is 10.6 Å². The SMILES string of the molecule is CNCCc1ccccc1C(=O)NC(C)COC. The van der Waals surface area contributed by atoms with Gasteiger partial charge >= 0.3 is 0 Å². The van der Waals surface area contributed by atoms with Crippen LogP contribution in [0, 0.1) is 0 Å². The molecule has 2 N–H and O–H groups in total. The van der Waals surface area contributed by atoms with Gasteiger partial charge in [0.25, 0.3) is 5.91 Å². The number of amides is 1. The van der Waals surface area contributed by atoms with Gasteiger partial charge in [0.1, 0.15) is 0 Å². The molecule has 18 heavy (non-hydrogen) atoms. The highest BCUT2D eigenvalue weighted by atomic mass is 16.5. The number of nitrogens with one attached hydrogen (secondary N) is 2. The van der Waals surface area contributed by atoms with Crippen LogP contribution in [0.1, 0.15) is 22.8 Å². The van der Waals surface area contributed by atoms with Gasteiger partial charge in [-0.3, -0.25) is 4.79 Å². The topological polar surface area (TPSA) is 50.4 Å². The Bertz CT molecular complexity index is 380. The van der Waals surface area contributed by atoms with Crippen molar-refractivity contribution >= 4 is 5.91 Å². The summed E-state index contributed by atoms with van der Waals surface area (Å²) in [6.07, 6.45) is 0.846. The van der Waals surface area contributed by atoms with E-state index in [1.165, 1.54) is 0 Å². The fraction of sp³-hybridized carbons (Fsp3) is 0.500. The Morgan fingerprint density at radius 2 is 2.11 bits per heavy atom. The van der Waals surface area contributed by atoms with E-state index < -0.39 is 0 Å². The minimum Gasteiger partial charge on any atom is -0.383 e. The first-order chi connectivity index (χ1) is 8.69. The molecule has 4 nitrogen and oxygen atoms in total. The molecule has 1 unspecified atom stereocenters. The highest BCUT2D eigenvalue weighted by molar-refractivity contribution is 5.95. The van der Waals surface area contributed by atoms with Gasteiger partial charge in [-0.25, -0.2) is 0 Å². The van der Waals surface area contributed by atoms with Crippen LogP contribution in [0.25, 0.3) is 0 Å². The largest absolute Gasteiger partial charge is 0.383 e. The summed E-state index contributed by atoms with van der Waals surface area (Å²) >= 11 is 0. The Morgan fingerprint density at radius 1 is 1.39 bits per heavy atom. The second-order valence-electron chi connectivity index (χ2n) is 4.34. The van der Waals surface area contributed by atoms with E-state index in [1.807, 2.05) is 38.2 Å². The second-order valence-corrected chi connectivity index (χ2v) is 4.34. The Labute approximate surface area is 109 Å². The number of carbonyl (C=O) groups is 1. The van der Waals surface area contributed by atoms with E-state index in [9.17, 15) is 4.79 Å². The van der Waals surface area contributed by atoms with Gasteiger partial charge in [-0.05, 0) is 38.6 Å². The molecule has 1 rings (SSSR count). The zero-order chi connectivity index (χ0) is 13.4. The predicted octanol–water partition coefficient (Wildman–Crippen LogP) is 1.21. The fourth-order valence-electron chi connectivity index (χ4n) is 1.81. The number of hydrogen-bond acceptors (Lipinski definition) is 3. The fourth-order valence-corrected chi connectivity index (χ4v) is 1.81. The smallest absolute Gasteiger partial charge is 0.251 e. The molecule has 4 heteroatoms. The summed E-state index contributed by atoms with van der Waals surface area (Å²) in [5, 5.41) is 6.02. The summed E-state index contributed by atoms with van der Waals surface area (Å²) in [5.41, 5.74) is 1.81. The van der Waals surface area contributed by atoms with Crippen molar-refractivity contribution in [1.29, 1.82) is 0 Å². The molecule has 1 aromatic carbocycles. The number of likely N-dealkylation sites (N-methyl/N-ethyl adjacent to an activating group) is 1. The monoisotopic (exact) mass is 250 g/mol. The van der Waals surface area contributed by atoms with Gasteiger partial charge in [-0.15, -0.1) is 0 Å². The first-order valence-electron chi connectivity index (χ1n) is 6.21. The quantitative estimate of drug-likeness (QED) is 0.765. The molecule has 0 bridgehead atoms. The van der Waals surface area contributed by atoms with E-state index in [-0.39, 0.29) is 11.9 Å². The summed E-state index contributed by atoms with van der Waals surface area (Å²) in [6.45, 7) is 3.31. The molecule has 0 radical (unpaired) electrons. The molecule has 0 aliphatic rings. The molecular formula is C14H22N2O2. The van der Waals surface area contributed by atoms with Crippen LogP contribution in [0.2, 0.25) is 0 Å². The van der Waals surface area contributed by atoms with E-state index >= 15 is 0 Å². The number of rotatable bonds is 7. The lowest BCUT2D eigenvalue weighted by Crippen LogP contribution is -2.36. The molecule has 0 heterocycles. The Balaban J connectivity index is 2.71. The molecule has 0 saturated carbocycles. The van der Waals surface area contributed by atoms with E-state index in [2.05, 4.69) is 10.6 Å². The summed E-state index contributed by atoms with van der Waals surface area (Å²) in [6, 6.07) is 7.71. The van der Waals surface area contributed by atoms with Crippen LogP contribution in [0.5, 0.6) is 0 Å². The van der Waals surface area contributed by atoms with Crippen LogP contribution < -0.4 is 10.6 Å². The Morgan fingerprint density at radius 3 is 2.78 bits per heavy atom. The van der Waals surface area contributed by atoms with Crippen LogP contribution in [-0.4, -0.2) is 39.3 Å². The molecular weight excluding hydrogens is 228 g/mol. The second kappa shape index (κ2) is 7.84. The lowest BCUT2D eigenvalue weighted by molar-refractivity contribution is 0.0904. The van der Waals surface area contributed by atoms with Crippen LogP contribution in [-0.2, 0) is 11.2 Å². The van der Waals surface area contributed by atoms with E-state index in [0.29, 0.717) is 6.61 Å². The molecule has 1 amide bonds. The minimum absolute atomic E-state index is 0.0138. The number of ether oxygens (including phenoxy) is 1. The molecule has 0 spiro atoms. The molecule has 0 aromatic heterocycles. The first-order valence-corrected chi connectivity index (χ1v) is 6.21. The van der Waals surface area contributed by atoms with Gasteiger partial charge in [0.2, 0.25) is 0 Å². The third kappa shape index (κ3) is 4.47. The average Bonchev–Trinajstić information content (AvgIpc) is 2.36. The lowest BCUT2D eigenvalue weighted by atomic mass is 10.0. The van der Waals surface area contributed by atoms with Crippen LogP contribution in [0.3, 0.4) is 0 Å². The maximum absolute atomic E-state index is 12.1. The zero-order valence-corrected chi connectivity index (χ0v) is 11.3.